The van der Waals surface area contributed by atoms with Gasteiger partial charge >= 0.3 is 0 Å². The van der Waals surface area contributed by atoms with E-state index in [1.54, 1.807) is 0 Å². The minimum Gasteiger partial charge on any atom is -0.309 e. The van der Waals surface area contributed by atoms with Crippen molar-refractivity contribution in [3.05, 3.63) is 81.8 Å². The molecule has 0 fully saturated rings. The molecule has 1 N–H and O–H groups in total. The Morgan fingerprint density at radius 3 is 2.33 bits per heavy atom. The fourth-order valence-corrected chi connectivity index (χ4v) is 3.30. The lowest BCUT2D eigenvalue weighted by Crippen LogP contribution is -2.19. The second-order valence-electron chi connectivity index (χ2n) is 5.24. The Morgan fingerprint density at radius 2 is 1.52 bits per heavy atom. The van der Waals surface area contributed by atoms with Crippen LogP contribution in [0, 0.1) is 6.92 Å². The zero-order chi connectivity index (χ0) is 14.8. The number of benzene rings is 3. The number of fused-ring (bicyclic) bond motifs is 1. The molecule has 0 amide bonds. The number of rotatable bonds is 3. The third-order valence-electron chi connectivity index (χ3n) is 4.04. The Kier molecular flexibility index (Phi) is 4.09. The Labute approximate surface area is 134 Å². The van der Waals surface area contributed by atoms with Gasteiger partial charge in [-0.3, -0.25) is 0 Å². The summed E-state index contributed by atoms with van der Waals surface area (Å²) in [6.45, 7) is 2.16. The van der Waals surface area contributed by atoms with Crippen LogP contribution in [0.4, 0.5) is 0 Å². The highest BCUT2D eigenvalue weighted by Crippen LogP contribution is 2.32. The maximum Gasteiger partial charge on any atom is 0.0583 e. The summed E-state index contributed by atoms with van der Waals surface area (Å²) in [6.07, 6.45) is 0. The van der Waals surface area contributed by atoms with Gasteiger partial charge in [-0.05, 0) is 47.5 Å². The molecule has 0 aliphatic carbocycles. The molecule has 21 heavy (non-hydrogen) atoms. The predicted octanol–water partition coefficient (Wildman–Crippen LogP) is 5.22. The van der Waals surface area contributed by atoms with E-state index in [1.165, 1.54) is 27.5 Å². The summed E-state index contributed by atoms with van der Waals surface area (Å²) < 4.78 is 1.15. The van der Waals surface area contributed by atoms with E-state index in [2.05, 4.69) is 88.8 Å². The predicted molar refractivity (Wildman–Crippen MR) is 93.7 cm³/mol. The average Bonchev–Trinajstić information content (AvgIpc) is 2.52. The van der Waals surface area contributed by atoms with Gasteiger partial charge in [0.2, 0.25) is 0 Å². The van der Waals surface area contributed by atoms with Crippen LogP contribution in [0.2, 0.25) is 0 Å². The second kappa shape index (κ2) is 6.00. The first kappa shape index (κ1) is 14.3. The van der Waals surface area contributed by atoms with Crippen molar-refractivity contribution in [1.29, 1.82) is 0 Å². The number of halogens is 1. The van der Waals surface area contributed by atoms with Crippen molar-refractivity contribution < 1.29 is 0 Å². The third kappa shape index (κ3) is 2.61. The van der Waals surface area contributed by atoms with E-state index in [9.17, 15) is 0 Å². The first-order chi connectivity index (χ1) is 10.2. The second-order valence-corrected chi connectivity index (χ2v) is 6.10. The molecule has 2 heteroatoms. The van der Waals surface area contributed by atoms with E-state index in [-0.39, 0.29) is 6.04 Å². The molecule has 3 rings (SSSR count). The van der Waals surface area contributed by atoms with Crippen LogP contribution < -0.4 is 5.32 Å². The molecule has 0 spiro atoms. The lowest BCUT2D eigenvalue weighted by molar-refractivity contribution is 0.692. The van der Waals surface area contributed by atoms with E-state index < -0.39 is 0 Å². The van der Waals surface area contributed by atoms with Crippen LogP contribution >= 0.6 is 15.9 Å². The normalized spacial score (nSPS) is 12.5. The van der Waals surface area contributed by atoms with Gasteiger partial charge < -0.3 is 5.32 Å². The Hall–Kier alpha value is -1.64. The van der Waals surface area contributed by atoms with Crippen molar-refractivity contribution in [2.75, 3.05) is 7.05 Å². The molecule has 1 atom stereocenters. The molecule has 1 unspecified atom stereocenters. The van der Waals surface area contributed by atoms with Crippen molar-refractivity contribution in [1.82, 2.24) is 5.32 Å². The molecule has 0 bridgehead atoms. The molecule has 0 saturated carbocycles. The van der Waals surface area contributed by atoms with Gasteiger partial charge in [0.1, 0.15) is 0 Å². The zero-order valence-electron chi connectivity index (χ0n) is 12.2. The molecule has 3 aromatic rings. The molecule has 0 heterocycles. The number of nitrogens with one attached hydrogen (secondary N) is 1. The Bertz CT molecular complexity index is 774. The van der Waals surface area contributed by atoms with Crippen molar-refractivity contribution in [2.45, 2.75) is 13.0 Å². The molecule has 0 aromatic heterocycles. The van der Waals surface area contributed by atoms with E-state index in [4.69, 9.17) is 0 Å². The average molecular weight is 340 g/mol. The topological polar surface area (TPSA) is 12.0 Å². The standard InChI is InChI=1S/C19H18BrN/c1-13-15(10-6-12-18(13)20)19(21-2)17-11-5-8-14-7-3-4-9-16(14)17/h3-12,19,21H,1-2H3. The van der Waals surface area contributed by atoms with Crippen LogP contribution in [-0.2, 0) is 0 Å². The van der Waals surface area contributed by atoms with Gasteiger partial charge in [-0.2, -0.15) is 0 Å². The molecule has 0 aliphatic rings. The van der Waals surface area contributed by atoms with Crippen molar-refractivity contribution in [2.24, 2.45) is 0 Å². The summed E-state index contributed by atoms with van der Waals surface area (Å²) in [6, 6.07) is 21.6. The first-order valence-electron chi connectivity index (χ1n) is 7.12. The zero-order valence-corrected chi connectivity index (χ0v) is 13.8. The van der Waals surface area contributed by atoms with E-state index >= 15 is 0 Å². The number of hydrogen-bond donors (Lipinski definition) is 1. The summed E-state index contributed by atoms with van der Waals surface area (Å²) in [5, 5.41) is 6.06. The highest BCUT2D eigenvalue weighted by atomic mass is 79.9. The van der Waals surface area contributed by atoms with Crippen molar-refractivity contribution in [3.8, 4) is 0 Å². The first-order valence-corrected chi connectivity index (χ1v) is 7.91. The summed E-state index contributed by atoms with van der Waals surface area (Å²) in [5.41, 5.74) is 3.91. The largest absolute Gasteiger partial charge is 0.309 e. The SMILES string of the molecule is CNC(c1cccc(Br)c1C)c1cccc2ccccc12. The lowest BCUT2D eigenvalue weighted by Gasteiger charge is -2.21. The molecular formula is C19H18BrN. The molecular weight excluding hydrogens is 322 g/mol. The van der Waals surface area contributed by atoms with Gasteiger partial charge in [0, 0.05) is 4.47 Å². The van der Waals surface area contributed by atoms with Gasteiger partial charge in [-0.1, -0.05) is 70.5 Å². The fraction of sp³-hybridized carbons (Fsp3) is 0.158. The molecule has 0 radical (unpaired) electrons. The monoisotopic (exact) mass is 339 g/mol. The maximum atomic E-state index is 3.64. The van der Waals surface area contributed by atoms with E-state index in [0.29, 0.717) is 0 Å². The van der Waals surface area contributed by atoms with Gasteiger partial charge in [0.15, 0.2) is 0 Å². The number of hydrogen-bond acceptors (Lipinski definition) is 1. The Balaban J connectivity index is 2.21. The molecule has 1 nitrogen and oxygen atoms in total. The van der Waals surface area contributed by atoms with Crippen LogP contribution in [0.3, 0.4) is 0 Å². The molecule has 0 aliphatic heterocycles. The summed E-state index contributed by atoms with van der Waals surface area (Å²) in [4.78, 5) is 0. The molecule has 3 aromatic carbocycles. The molecule has 0 saturated heterocycles. The van der Waals surface area contributed by atoms with Gasteiger partial charge in [0.25, 0.3) is 0 Å². The summed E-state index contributed by atoms with van der Waals surface area (Å²) in [5.74, 6) is 0. The van der Waals surface area contributed by atoms with Crippen LogP contribution in [0.5, 0.6) is 0 Å². The Morgan fingerprint density at radius 1 is 0.857 bits per heavy atom. The third-order valence-corrected chi connectivity index (χ3v) is 4.90. The highest BCUT2D eigenvalue weighted by molar-refractivity contribution is 9.10. The van der Waals surface area contributed by atoms with Gasteiger partial charge in [-0.25, -0.2) is 0 Å². The fourth-order valence-electron chi connectivity index (χ4n) is 2.92. The van der Waals surface area contributed by atoms with E-state index in [0.717, 1.165) is 4.47 Å². The van der Waals surface area contributed by atoms with Gasteiger partial charge in [-0.15, -0.1) is 0 Å². The smallest absolute Gasteiger partial charge is 0.0583 e. The minimum atomic E-state index is 0.189. The van der Waals surface area contributed by atoms with Crippen LogP contribution in [0.15, 0.2) is 65.1 Å². The van der Waals surface area contributed by atoms with Crippen molar-refractivity contribution >= 4 is 26.7 Å². The maximum absolute atomic E-state index is 3.64. The quantitative estimate of drug-likeness (QED) is 0.689. The van der Waals surface area contributed by atoms with Gasteiger partial charge in [0.05, 0.1) is 6.04 Å². The van der Waals surface area contributed by atoms with Crippen LogP contribution in [-0.4, -0.2) is 7.05 Å². The highest BCUT2D eigenvalue weighted by Gasteiger charge is 2.17. The van der Waals surface area contributed by atoms with Crippen LogP contribution in [0.25, 0.3) is 10.8 Å². The summed E-state index contributed by atoms with van der Waals surface area (Å²) >= 11 is 3.64. The van der Waals surface area contributed by atoms with Crippen molar-refractivity contribution in [3.63, 3.8) is 0 Å². The van der Waals surface area contributed by atoms with Crippen LogP contribution in [0.1, 0.15) is 22.7 Å². The minimum absolute atomic E-state index is 0.189. The van der Waals surface area contributed by atoms with E-state index in [1.807, 2.05) is 7.05 Å². The molecule has 106 valence electrons. The summed E-state index contributed by atoms with van der Waals surface area (Å²) in [7, 11) is 2.02. The lowest BCUT2D eigenvalue weighted by atomic mass is 9.91.